The van der Waals surface area contributed by atoms with Crippen LogP contribution < -0.4 is 0 Å². The Kier molecular flexibility index (Phi) is 10.1. The van der Waals surface area contributed by atoms with Crippen LogP contribution in [0.5, 0.6) is 0 Å². The molecule has 0 spiro atoms. The SMILES string of the molecule is Cc1ccc(/C=C(\CCCSc2ccc(CCCCC(=O)O)cc2)c2cc(F)cc(F)c2)cc1C. The monoisotopic (exact) mass is 494 g/mol. The summed E-state index contributed by atoms with van der Waals surface area (Å²) in [6, 6.07) is 18.3. The van der Waals surface area contributed by atoms with Crippen LogP contribution in [0.25, 0.3) is 11.6 Å². The van der Waals surface area contributed by atoms with Gasteiger partial charge >= 0.3 is 5.97 Å². The van der Waals surface area contributed by atoms with Gasteiger partial charge in [-0.3, -0.25) is 4.79 Å². The summed E-state index contributed by atoms with van der Waals surface area (Å²) in [5.74, 6) is -0.988. The number of carboxylic acid groups (broad SMARTS) is 1. The first kappa shape index (κ1) is 26.7. The minimum atomic E-state index is -0.744. The van der Waals surface area contributed by atoms with E-state index in [1.165, 1.54) is 33.7 Å². The predicted octanol–water partition coefficient (Wildman–Crippen LogP) is 8.49. The molecule has 0 atom stereocenters. The van der Waals surface area contributed by atoms with Gasteiger partial charge in [0.25, 0.3) is 0 Å². The van der Waals surface area contributed by atoms with E-state index in [1.54, 1.807) is 11.8 Å². The van der Waals surface area contributed by atoms with Crippen LogP contribution in [0.3, 0.4) is 0 Å². The first-order valence-electron chi connectivity index (χ1n) is 12.0. The van der Waals surface area contributed by atoms with Crippen molar-refractivity contribution < 1.29 is 18.7 Å². The number of unbranched alkanes of at least 4 members (excludes halogenated alkanes) is 1. The van der Waals surface area contributed by atoms with E-state index in [1.807, 2.05) is 12.1 Å². The lowest BCUT2D eigenvalue weighted by Crippen LogP contribution is -1.95. The molecule has 0 bridgehead atoms. The number of halogens is 2. The molecule has 0 aliphatic heterocycles. The van der Waals surface area contributed by atoms with Gasteiger partial charge in [0.15, 0.2) is 0 Å². The Bertz CT molecular complexity index is 1150. The maximum atomic E-state index is 13.9. The summed E-state index contributed by atoms with van der Waals surface area (Å²) in [4.78, 5) is 11.8. The maximum Gasteiger partial charge on any atom is 0.303 e. The Morgan fingerprint density at radius 3 is 2.23 bits per heavy atom. The molecular formula is C30H32F2O2S. The number of hydrogen-bond acceptors (Lipinski definition) is 2. The first-order valence-corrected chi connectivity index (χ1v) is 13.0. The fourth-order valence-electron chi connectivity index (χ4n) is 3.90. The summed E-state index contributed by atoms with van der Waals surface area (Å²) in [7, 11) is 0. The lowest BCUT2D eigenvalue weighted by atomic mass is 9.97. The smallest absolute Gasteiger partial charge is 0.303 e. The second kappa shape index (κ2) is 13.2. The van der Waals surface area contributed by atoms with Crippen LogP contribution in [-0.2, 0) is 11.2 Å². The van der Waals surface area contributed by atoms with Gasteiger partial charge in [-0.15, -0.1) is 11.8 Å². The Morgan fingerprint density at radius 2 is 1.57 bits per heavy atom. The van der Waals surface area contributed by atoms with Crippen LogP contribution in [0.1, 0.15) is 59.9 Å². The summed E-state index contributed by atoms with van der Waals surface area (Å²) in [6.07, 6.45) is 6.28. The van der Waals surface area contributed by atoms with Gasteiger partial charge in [-0.05, 0) is 109 Å². The number of benzene rings is 3. The number of aliphatic carboxylic acids is 1. The van der Waals surface area contributed by atoms with Gasteiger partial charge in [-0.1, -0.05) is 36.4 Å². The minimum absolute atomic E-state index is 0.218. The zero-order valence-electron chi connectivity index (χ0n) is 20.3. The maximum absolute atomic E-state index is 13.9. The average Bonchev–Trinajstić information content (AvgIpc) is 2.81. The molecule has 3 aromatic carbocycles. The average molecular weight is 495 g/mol. The van der Waals surface area contributed by atoms with Gasteiger partial charge in [0.1, 0.15) is 11.6 Å². The van der Waals surface area contributed by atoms with Crippen LogP contribution >= 0.6 is 11.8 Å². The van der Waals surface area contributed by atoms with Gasteiger partial charge in [-0.2, -0.15) is 0 Å². The Labute approximate surface area is 211 Å². The topological polar surface area (TPSA) is 37.3 Å². The first-order chi connectivity index (χ1) is 16.8. The van der Waals surface area contributed by atoms with Crippen molar-refractivity contribution >= 4 is 29.4 Å². The third kappa shape index (κ3) is 8.99. The Morgan fingerprint density at radius 1 is 0.857 bits per heavy atom. The molecule has 0 amide bonds. The molecular weight excluding hydrogens is 462 g/mol. The van der Waals surface area contributed by atoms with Crippen molar-refractivity contribution in [2.75, 3.05) is 5.75 Å². The third-order valence-electron chi connectivity index (χ3n) is 5.99. The van der Waals surface area contributed by atoms with E-state index < -0.39 is 17.6 Å². The Hall–Kier alpha value is -2.92. The Balaban J connectivity index is 1.60. The molecule has 0 fully saturated rings. The highest BCUT2D eigenvalue weighted by Crippen LogP contribution is 2.28. The number of aryl methyl sites for hydroxylation is 3. The molecule has 35 heavy (non-hydrogen) atoms. The van der Waals surface area contributed by atoms with Gasteiger partial charge in [0, 0.05) is 17.4 Å². The van der Waals surface area contributed by atoms with Gasteiger partial charge < -0.3 is 5.11 Å². The standard InChI is InChI=1S/C30H32F2O2S/c1-21-9-10-24(16-22(21)2)17-25(26-18-27(31)20-28(32)19-26)7-5-15-35-29-13-11-23(12-14-29)6-3-4-8-30(33)34/h9-14,16-20H,3-8,15H2,1-2H3,(H,33,34)/b25-17+. The number of carboxylic acids is 1. The molecule has 0 saturated heterocycles. The van der Waals surface area contributed by atoms with Crippen molar-refractivity contribution in [2.24, 2.45) is 0 Å². The minimum Gasteiger partial charge on any atom is -0.481 e. The van der Waals surface area contributed by atoms with Crippen LogP contribution in [0.4, 0.5) is 8.78 Å². The number of allylic oxidation sites excluding steroid dienone is 1. The molecule has 3 rings (SSSR count). The van der Waals surface area contributed by atoms with Crippen molar-refractivity contribution in [3.8, 4) is 0 Å². The highest BCUT2D eigenvalue weighted by atomic mass is 32.2. The zero-order valence-corrected chi connectivity index (χ0v) is 21.1. The number of thioether (sulfide) groups is 1. The molecule has 184 valence electrons. The molecule has 0 aliphatic carbocycles. The quantitative estimate of drug-likeness (QED) is 0.156. The molecule has 3 aromatic rings. The molecule has 0 aromatic heterocycles. The summed E-state index contributed by atoms with van der Waals surface area (Å²) in [5, 5.41) is 8.73. The van der Waals surface area contributed by atoms with E-state index >= 15 is 0 Å². The molecule has 2 nitrogen and oxygen atoms in total. The summed E-state index contributed by atoms with van der Waals surface area (Å²) in [6.45, 7) is 4.13. The van der Waals surface area contributed by atoms with Crippen LogP contribution in [-0.4, -0.2) is 16.8 Å². The zero-order chi connectivity index (χ0) is 25.2. The molecule has 1 N–H and O–H groups in total. The molecule has 0 unspecified atom stereocenters. The lowest BCUT2D eigenvalue weighted by Gasteiger charge is -2.11. The van der Waals surface area contributed by atoms with E-state index in [0.717, 1.165) is 42.2 Å². The van der Waals surface area contributed by atoms with E-state index in [2.05, 4.69) is 50.2 Å². The fraction of sp³-hybridized carbons (Fsp3) is 0.300. The van der Waals surface area contributed by atoms with E-state index in [0.29, 0.717) is 18.4 Å². The second-order valence-corrected chi connectivity index (χ2v) is 10.0. The molecule has 0 heterocycles. The van der Waals surface area contributed by atoms with Crippen molar-refractivity contribution in [2.45, 2.75) is 57.3 Å². The number of hydrogen-bond donors (Lipinski definition) is 1. The van der Waals surface area contributed by atoms with Crippen molar-refractivity contribution in [3.63, 3.8) is 0 Å². The van der Waals surface area contributed by atoms with Gasteiger partial charge in [-0.25, -0.2) is 8.78 Å². The van der Waals surface area contributed by atoms with Gasteiger partial charge in [0.05, 0.1) is 0 Å². The highest BCUT2D eigenvalue weighted by molar-refractivity contribution is 7.99. The summed E-state index contributed by atoms with van der Waals surface area (Å²) < 4.78 is 27.8. The summed E-state index contributed by atoms with van der Waals surface area (Å²) >= 11 is 1.76. The molecule has 0 aliphatic rings. The van der Waals surface area contributed by atoms with Gasteiger partial charge in [0.2, 0.25) is 0 Å². The predicted molar refractivity (Wildman–Crippen MR) is 142 cm³/mol. The highest BCUT2D eigenvalue weighted by Gasteiger charge is 2.08. The molecule has 5 heteroatoms. The molecule has 0 radical (unpaired) electrons. The number of carbonyl (C=O) groups is 1. The largest absolute Gasteiger partial charge is 0.481 e. The summed E-state index contributed by atoms with van der Waals surface area (Å²) in [5.41, 5.74) is 6.14. The van der Waals surface area contributed by atoms with Crippen molar-refractivity contribution in [1.29, 1.82) is 0 Å². The lowest BCUT2D eigenvalue weighted by molar-refractivity contribution is -0.137. The van der Waals surface area contributed by atoms with Crippen LogP contribution in [0, 0.1) is 25.5 Å². The van der Waals surface area contributed by atoms with E-state index in [9.17, 15) is 13.6 Å². The third-order valence-corrected chi connectivity index (χ3v) is 7.09. The van der Waals surface area contributed by atoms with Crippen LogP contribution in [0.15, 0.2) is 65.6 Å². The van der Waals surface area contributed by atoms with E-state index in [-0.39, 0.29) is 6.42 Å². The second-order valence-electron chi connectivity index (χ2n) is 8.87. The van der Waals surface area contributed by atoms with Crippen molar-refractivity contribution in [1.82, 2.24) is 0 Å². The molecule has 0 saturated carbocycles. The number of rotatable bonds is 12. The van der Waals surface area contributed by atoms with Crippen molar-refractivity contribution in [3.05, 3.63) is 100 Å². The fourth-order valence-corrected chi connectivity index (χ4v) is 4.76. The van der Waals surface area contributed by atoms with Crippen LogP contribution in [0.2, 0.25) is 0 Å². The normalized spacial score (nSPS) is 11.6. The van der Waals surface area contributed by atoms with E-state index in [4.69, 9.17) is 5.11 Å².